The van der Waals surface area contributed by atoms with Gasteiger partial charge in [0.2, 0.25) is 0 Å². The van der Waals surface area contributed by atoms with Gasteiger partial charge in [0.1, 0.15) is 15.3 Å². The second-order valence-corrected chi connectivity index (χ2v) is 8.77. The number of halogens is 1. The summed E-state index contributed by atoms with van der Waals surface area (Å²) in [5.41, 5.74) is 0.741. The number of benzene rings is 1. The van der Waals surface area contributed by atoms with E-state index in [1.165, 1.54) is 36.5 Å². The number of carbonyl (C=O) groups is 1. The van der Waals surface area contributed by atoms with Gasteiger partial charge in [0.05, 0.1) is 0 Å². The third kappa shape index (κ3) is 3.97. The zero-order valence-corrected chi connectivity index (χ0v) is 15.1. The van der Waals surface area contributed by atoms with Crippen LogP contribution in [0.25, 0.3) is 0 Å². The predicted molar refractivity (Wildman–Crippen MR) is 97.2 cm³/mol. The van der Waals surface area contributed by atoms with Crippen molar-refractivity contribution in [2.75, 3.05) is 6.54 Å². The lowest BCUT2D eigenvalue weighted by molar-refractivity contribution is 0.0953. The van der Waals surface area contributed by atoms with Crippen LogP contribution >= 0.6 is 11.3 Å². The number of sulfone groups is 1. The Bertz CT molecular complexity index is 973. The number of pyridine rings is 1. The number of hydrogen-bond acceptors (Lipinski definition) is 5. The van der Waals surface area contributed by atoms with Gasteiger partial charge in [-0.2, -0.15) is 0 Å². The van der Waals surface area contributed by atoms with Gasteiger partial charge in [0.15, 0.2) is 9.84 Å². The molecule has 0 saturated heterocycles. The average Bonchev–Trinajstić information content (AvgIpc) is 3.18. The van der Waals surface area contributed by atoms with Crippen molar-refractivity contribution in [3.05, 3.63) is 83.2 Å². The van der Waals surface area contributed by atoms with E-state index in [9.17, 15) is 17.6 Å². The molecule has 0 saturated carbocycles. The minimum absolute atomic E-state index is 0.123. The van der Waals surface area contributed by atoms with Gasteiger partial charge in [-0.05, 0) is 47.3 Å². The maximum absolute atomic E-state index is 13.0. The molecule has 5 nitrogen and oxygen atoms in total. The number of nitrogens with one attached hydrogen (secondary N) is 1. The van der Waals surface area contributed by atoms with E-state index in [1.54, 1.807) is 29.8 Å². The van der Waals surface area contributed by atoms with Crippen LogP contribution in [0.4, 0.5) is 4.39 Å². The van der Waals surface area contributed by atoms with Crippen LogP contribution in [0.15, 0.2) is 70.5 Å². The first-order valence-electron chi connectivity index (χ1n) is 7.69. The highest BCUT2D eigenvalue weighted by Gasteiger charge is 2.30. The van der Waals surface area contributed by atoms with Crippen molar-refractivity contribution in [2.45, 2.75) is 9.46 Å². The smallest absolute Gasteiger partial charge is 0.251 e. The maximum Gasteiger partial charge on any atom is 0.251 e. The second-order valence-electron chi connectivity index (χ2n) is 5.47. The molecule has 26 heavy (non-hydrogen) atoms. The Morgan fingerprint density at radius 2 is 1.92 bits per heavy atom. The summed E-state index contributed by atoms with van der Waals surface area (Å²) in [7, 11) is -3.69. The molecule has 1 amide bonds. The first kappa shape index (κ1) is 18.2. The average molecular weight is 390 g/mol. The molecule has 3 aromatic rings. The summed E-state index contributed by atoms with van der Waals surface area (Å²) in [6.45, 7) is -0.123. The summed E-state index contributed by atoms with van der Waals surface area (Å²) in [4.78, 5) is 16.2. The Balaban J connectivity index is 1.85. The fourth-order valence-corrected chi connectivity index (χ4v) is 5.28. The number of aromatic nitrogens is 1. The third-order valence-corrected chi connectivity index (χ3v) is 7.29. The normalized spacial score (nSPS) is 12.5. The lowest BCUT2D eigenvalue weighted by Crippen LogP contribution is -2.31. The van der Waals surface area contributed by atoms with Crippen molar-refractivity contribution in [1.82, 2.24) is 10.3 Å². The van der Waals surface area contributed by atoms with E-state index >= 15 is 0 Å². The van der Waals surface area contributed by atoms with Gasteiger partial charge in [-0.25, -0.2) is 12.8 Å². The quantitative estimate of drug-likeness (QED) is 0.701. The van der Waals surface area contributed by atoms with Gasteiger partial charge < -0.3 is 5.32 Å². The Morgan fingerprint density at radius 3 is 2.54 bits per heavy atom. The molecule has 1 N–H and O–H groups in total. The number of thiophene rings is 1. The summed E-state index contributed by atoms with van der Waals surface area (Å²) >= 11 is 1.12. The van der Waals surface area contributed by atoms with Crippen molar-refractivity contribution in [3.63, 3.8) is 0 Å². The van der Waals surface area contributed by atoms with Crippen LogP contribution < -0.4 is 5.32 Å². The van der Waals surface area contributed by atoms with Crippen molar-refractivity contribution in [1.29, 1.82) is 0 Å². The highest BCUT2D eigenvalue weighted by atomic mass is 32.2. The van der Waals surface area contributed by atoms with Gasteiger partial charge in [0.25, 0.3) is 5.91 Å². The Kier molecular flexibility index (Phi) is 5.43. The van der Waals surface area contributed by atoms with E-state index in [2.05, 4.69) is 10.3 Å². The molecule has 2 aromatic heterocycles. The Morgan fingerprint density at radius 1 is 1.15 bits per heavy atom. The zero-order chi connectivity index (χ0) is 18.6. The minimum atomic E-state index is -3.69. The molecule has 1 aromatic carbocycles. The minimum Gasteiger partial charge on any atom is -0.350 e. The van der Waals surface area contributed by atoms with Crippen LogP contribution in [0.5, 0.6) is 0 Å². The first-order valence-corrected chi connectivity index (χ1v) is 10.1. The van der Waals surface area contributed by atoms with Crippen LogP contribution in [-0.2, 0) is 9.84 Å². The number of nitrogens with zero attached hydrogens (tertiary/aromatic N) is 1. The lowest BCUT2D eigenvalue weighted by atomic mass is 10.2. The van der Waals surface area contributed by atoms with Crippen molar-refractivity contribution in [2.24, 2.45) is 0 Å². The van der Waals surface area contributed by atoms with E-state index < -0.39 is 26.8 Å². The number of carbonyl (C=O) groups excluding carboxylic acids is 1. The molecule has 134 valence electrons. The maximum atomic E-state index is 13.0. The summed E-state index contributed by atoms with van der Waals surface area (Å²) in [6, 6.07) is 11.5. The molecule has 0 fully saturated rings. The largest absolute Gasteiger partial charge is 0.350 e. The summed E-state index contributed by atoms with van der Waals surface area (Å²) in [6.07, 6.45) is 3.02. The van der Waals surface area contributed by atoms with Crippen LogP contribution in [0.2, 0.25) is 0 Å². The molecule has 1 unspecified atom stereocenters. The SMILES string of the molecule is O=C(NCC(c1cccnc1)S(=O)(=O)c1cccs1)c1ccc(F)cc1. The summed E-state index contributed by atoms with van der Waals surface area (Å²) in [5.74, 6) is -0.921. The van der Waals surface area contributed by atoms with Crippen LogP contribution in [0, 0.1) is 5.82 Å². The van der Waals surface area contributed by atoms with E-state index in [0.717, 1.165) is 11.3 Å². The highest BCUT2D eigenvalue weighted by Crippen LogP contribution is 2.30. The van der Waals surface area contributed by atoms with E-state index in [-0.39, 0.29) is 16.3 Å². The molecule has 0 bridgehead atoms. The van der Waals surface area contributed by atoms with Crippen molar-refractivity contribution >= 4 is 27.1 Å². The molecule has 1 atom stereocenters. The molecule has 0 aliphatic rings. The van der Waals surface area contributed by atoms with Crippen LogP contribution in [-0.4, -0.2) is 25.9 Å². The Labute approximate surface area is 154 Å². The lowest BCUT2D eigenvalue weighted by Gasteiger charge is -2.17. The first-order chi connectivity index (χ1) is 12.5. The highest BCUT2D eigenvalue weighted by molar-refractivity contribution is 7.93. The number of amides is 1. The van der Waals surface area contributed by atoms with Gasteiger partial charge in [0, 0.05) is 24.5 Å². The predicted octanol–water partition coefficient (Wildman–Crippen LogP) is 3.23. The van der Waals surface area contributed by atoms with E-state index in [1.807, 2.05) is 0 Å². The number of rotatable bonds is 6. The number of hydrogen-bond donors (Lipinski definition) is 1. The van der Waals surface area contributed by atoms with Gasteiger partial charge >= 0.3 is 0 Å². The Hall–Kier alpha value is -2.58. The van der Waals surface area contributed by atoms with Gasteiger partial charge in [-0.1, -0.05) is 12.1 Å². The van der Waals surface area contributed by atoms with Crippen LogP contribution in [0.3, 0.4) is 0 Å². The van der Waals surface area contributed by atoms with Crippen molar-refractivity contribution in [3.8, 4) is 0 Å². The fourth-order valence-electron chi connectivity index (χ4n) is 2.43. The van der Waals surface area contributed by atoms with Crippen molar-refractivity contribution < 1.29 is 17.6 Å². The molecular weight excluding hydrogens is 375 g/mol. The van der Waals surface area contributed by atoms with Crippen LogP contribution in [0.1, 0.15) is 21.2 Å². The molecule has 0 aliphatic heterocycles. The summed E-state index contributed by atoms with van der Waals surface area (Å²) < 4.78 is 39.1. The third-order valence-electron chi connectivity index (χ3n) is 3.76. The topological polar surface area (TPSA) is 76.1 Å². The fraction of sp³-hybridized carbons (Fsp3) is 0.111. The van der Waals surface area contributed by atoms with Gasteiger partial charge in [-0.15, -0.1) is 11.3 Å². The standard InChI is InChI=1S/C18H15FN2O3S2/c19-15-7-5-13(6-8-15)18(22)21-12-16(14-3-1-9-20-11-14)26(23,24)17-4-2-10-25-17/h1-11,16H,12H2,(H,21,22). The second kappa shape index (κ2) is 7.76. The molecule has 2 heterocycles. The molecule has 0 aliphatic carbocycles. The van der Waals surface area contributed by atoms with E-state index in [0.29, 0.717) is 5.56 Å². The molecule has 0 spiro atoms. The zero-order valence-electron chi connectivity index (χ0n) is 13.5. The monoisotopic (exact) mass is 390 g/mol. The molecule has 0 radical (unpaired) electrons. The molecular formula is C18H15FN2O3S2. The van der Waals surface area contributed by atoms with Gasteiger partial charge in [-0.3, -0.25) is 9.78 Å². The molecule has 3 rings (SSSR count). The van der Waals surface area contributed by atoms with E-state index in [4.69, 9.17) is 0 Å². The molecule has 8 heteroatoms. The summed E-state index contributed by atoms with van der Waals surface area (Å²) in [5, 5.41) is 3.33.